The minimum absolute atomic E-state index is 0.197. The van der Waals surface area contributed by atoms with Crippen molar-refractivity contribution in [2.75, 3.05) is 12.1 Å². The lowest BCUT2D eigenvalue weighted by atomic mass is 10.2. The highest BCUT2D eigenvalue weighted by atomic mass is 32.1. The van der Waals surface area contributed by atoms with Crippen molar-refractivity contribution in [3.05, 3.63) is 77.7 Å². The van der Waals surface area contributed by atoms with Gasteiger partial charge in [0.15, 0.2) is 5.76 Å². The molecule has 0 N–H and O–H groups in total. The number of anilines is 1. The normalized spacial score (nSPS) is 11.2. The van der Waals surface area contributed by atoms with E-state index in [1.54, 1.807) is 25.5 Å². The van der Waals surface area contributed by atoms with E-state index in [2.05, 4.69) is 10.1 Å². The number of fused-ring (bicyclic) bond motifs is 1. The molecule has 7 heteroatoms. The third-order valence-corrected chi connectivity index (χ3v) is 5.07. The van der Waals surface area contributed by atoms with Gasteiger partial charge < -0.3 is 9.15 Å². The zero-order valence-electron chi connectivity index (χ0n) is 15.3. The van der Waals surface area contributed by atoms with E-state index >= 15 is 0 Å². The zero-order chi connectivity index (χ0) is 19.5. The number of hydrazone groups is 1. The molecule has 0 radical (unpaired) electrons. The van der Waals surface area contributed by atoms with Crippen LogP contribution in [0, 0.1) is 6.92 Å². The minimum Gasteiger partial charge on any atom is -0.497 e. The van der Waals surface area contributed by atoms with Gasteiger partial charge in [0.2, 0.25) is 5.13 Å². The van der Waals surface area contributed by atoms with Crippen LogP contribution in [0.25, 0.3) is 10.2 Å². The first kappa shape index (κ1) is 17.9. The number of benzene rings is 2. The van der Waals surface area contributed by atoms with E-state index < -0.39 is 0 Å². The topological polar surface area (TPSA) is 67.9 Å². The third-order valence-electron chi connectivity index (χ3n) is 4.08. The standard InChI is InChI=1S/C21H17N3O3S/c1-14-5-10-17-19(12-14)28-21(23-17)24(20(25)18-4-3-11-27-18)22-13-15-6-8-16(26-2)9-7-15/h3-13H,1-2H3/b22-13+. The number of nitrogens with zero attached hydrogens (tertiary/aromatic N) is 3. The van der Waals surface area contributed by atoms with Crippen LogP contribution in [0.1, 0.15) is 21.7 Å². The van der Waals surface area contributed by atoms with Crippen LogP contribution in [0.5, 0.6) is 5.75 Å². The summed E-state index contributed by atoms with van der Waals surface area (Å²) in [6, 6.07) is 16.6. The highest BCUT2D eigenvalue weighted by molar-refractivity contribution is 7.22. The summed E-state index contributed by atoms with van der Waals surface area (Å²) in [5, 5.41) is 6.14. The largest absolute Gasteiger partial charge is 0.497 e. The molecule has 0 aliphatic carbocycles. The molecular formula is C21H17N3O3S. The summed E-state index contributed by atoms with van der Waals surface area (Å²) in [5.41, 5.74) is 2.78. The molecule has 28 heavy (non-hydrogen) atoms. The van der Waals surface area contributed by atoms with Gasteiger partial charge in [-0.3, -0.25) is 4.79 Å². The van der Waals surface area contributed by atoms with E-state index in [4.69, 9.17) is 9.15 Å². The van der Waals surface area contributed by atoms with Gasteiger partial charge in [-0.25, -0.2) is 4.98 Å². The zero-order valence-corrected chi connectivity index (χ0v) is 16.1. The number of rotatable bonds is 5. The van der Waals surface area contributed by atoms with E-state index in [0.717, 1.165) is 27.1 Å². The van der Waals surface area contributed by atoms with Gasteiger partial charge in [0.25, 0.3) is 0 Å². The second-order valence-electron chi connectivity index (χ2n) is 6.08. The van der Waals surface area contributed by atoms with E-state index in [9.17, 15) is 4.79 Å². The Labute approximate surface area is 165 Å². The van der Waals surface area contributed by atoms with Gasteiger partial charge in [0, 0.05) is 0 Å². The first-order valence-corrected chi connectivity index (χ1v) is 9.39. The number of methoxy groups -OCH3 is 1. The molecule has 4 rings (SSSR count). The van der Waals surface area contributed by atoms with Crippen LogP contribution in [0.15, 0.2) is 70.4 Å². The van der Waals surface area contributed by atoms with Crippen molar-refractivity contribution in [3.8, 4) is 5.75 Å². The average molecular weight is 391 g/mol. The maximum absolute atomic E-state index is 12.9. The van der Waals surface area contributed by atoms with Crippen LogP contribution in [0.2, 0.25) is 0 Å². The molecular weight excluding hydrogens is 374 g/mol. The van der Waals surface area contributed by atoms with Gasteiger partial charge in [0.05, 0.1) is 29.8 Å². The van der Waals surface area contributed by atoms with Crippen LogP contribution in [-0.4, -0.2) is 24.2 Å². The predicted octanol–water partition coefficient (Wildman–Crippen LogP) is 4.89. The predicted molar refractivity (Wildman–Crippen MR) is 110 cm³/mol. The molecule has 0 saturated heterocycles. The smallest absolute Gasteiger partial charge is 0.316 e. The summed E-state index contributed by atoms with van der Waals surface area (Å²) in [6.45, 7) is 2.02. The number of aryl methyl sites for hydroxylation is 1. The Bertz CT molecular complexity index is 1130. The molecule has 140 valence electrons. The number of hydrogen-bond donors (Lipinski definition) is 0. The molecule has 2 aromatic heterocycles. The average Bonchev–Trinajstić information content (AvgIpc) is 3.38. The van der Waals surface area contributed by atoms with Crippen LogP contribution < -0.4 is 9.75 Å². The van der Waals surface area contributed by atoms with Crippen LogP contribution in [0.4, 0.5) is 5.13 Å². The molecule has 1 amide bonds. The molecule has 4 aromatic rings. The van der Waals surface area contributed by atoms with Crippen LogP contribution >= 0.6 is 11.3 Å². The molecule has 0 aliphatic heterocycles. The Morgan fingerprint density at radius 2 is 2.04 bits per heavy atom. The molecule has 2 aromatic carbocycles. The van der Waals surface area contributed by atoms with E-state index in [-0.39, 0.29) is 11.7 Å². The summed E-state index contributed by atoms with van der Waals surface area (Å²) in [5.74, 6) is 0.565. The number of aromatic nitrogens is 1. The van der Waals surface area contributed by atoms with Crippen molar-refractivity contribution in [1.29, 1.82) is 0 Å². The molecule has 0 unspecified atom stereocenters. The van der Waals surface area contributed by atoms with Crippen molar-refractivity contribution < 1.29 is 13.9 Å². The van der Waals surface area contributed by atoms with Gasteiger partial charge in [-0.2, -0.15) is 10.1 Å². The highest BCUT2D eigenvalue weighted by Gasteiger charge is 2.23. The number of carbonyl (C=O) groups excluding carboxylic acids is 1. The summed E-state index contributed by atoms with van der Waals surface area (Å²) in [6.07, 6.45) is 3.07. The van der Waals surface area contributed by atoms with Crippen molar-refractivity contribution in [2.24, 2.45) is 5.10 Å². The molecule has 2 heterocycles. The van der Waals surface area contributed by atoms with E-state index in [0.29, 0.717) is 5.13 Å². The summed E-state index contributed by atoms with van der Waals surface area (Å²) in [7, 11) is 1.61. The molecule has 6 nitrogen and oxygen atoms in total. The van der Waals surface area contributed by atoms with Gasteiger partial charge in [-0.15, -0.1) is 0 Å². The van der Waals surface area contributed by atoms with E-state index in [1.807, 2.05) is 49.4 Å². The number of thiazole rings is 1. The Morgan fingerprint density at radius 1 is 1.21 bits per heavy atom. The van der Waals surface area contributed by atoms with Gasteiger partial charge in [-0.05, 0) is 66.6 Å². The van der Waals surface area contributed by atoms with Gasteiger partial charge >= 0.3 is 5.91 Å². The lowest BCUT2D eigenvalue weighted by molar-refractivity contribution is 0.0961. The van der Waals surface area contributed by atoms with Crippen molar-refractivity contribution in [3.63, 3.8) is 0 Å². The van der Waals surface area contributed by atoms with E-state index in [1.165, 1.54) is 22.6 Å². The molecule has 0 bridgehead atoms. The fourth-order valence-corrected chi connectivity index (χ4v) is 3.64. The second-order valence-corrected chi connectivity index (χ2v) is 7.09. The van der Waals surface area contributed by atoms with Crippen molar-refractivity contribution in [1.82, 2.24) is 4.98 Å². The van der Waals surface area contributed by atoms with Crippen molar-refractivity contribution >= 4 is 38.8 Å². The fraction of sp³-hybridized carbons (Fsp3) is 0.0952. The van der Waals surface area contributed by atoms with Crippen LogP contribution in [0.3, 0.4) is 0 Å². The number of ether oxygens (including phenoxy) is 1. The maximum Gasteiger partial charge on any atom is 0.316 e. The molecule has 0 atom stereocenters. The maximum atomic E-state index is 12.9. The number of furan rings is 1. The van der Waals surface area contributed by atoms with Gasteiger partial charge in [0.1, 0.15) is 5.75 Å². The Kier molecular flexibility index (Phi) is 4.90. The van der Waals surface area contributed by atoms with Crippen LogP contribution in [-0.2, 0) is 0 Å². The van der Waals surface area contributed by atoms with Gasteiger partial charge in [-0.1, -0.05) is 17.4 Å². The molecule has 0 saturated carbocycles. The Balaban J connectivity index is 1.72. The third kappa shape index (κ3) is 3.65. The first-order chi connectivity index (χ1) is 13.6. The SMILES string of the molecule is COc1ccc(/C=N/N(C(=O)c2ccco2)c2nc3ccc(C)cc3s2)cc1. The monoisotopic (exact) mass is 391 g/mol. The summed E-state index contributed by atoms with van der Waals surface area (Å²) >= 11 is 1.40. The second kappa shape index (κ2) is 7.66. The van der Waals surface area contributed by atoms with Crippen molar-refractivity contribution in [2.45, 2.75) is 6.92 Å². The summed E-state index contributed by atoms with van der Waals surface area (Å²) < 4.78 is 11.4. The quantitative estimate of drug-likeness (QED) is 0.359. The lowest BCUT2D eigenvalue weighted by Crippen LogP contribution is -2.25. The summed E-state index contributed by atoms with van der Waals surface area (Å²) in [4.78, 5) is 17.5. The lowest BCUT2D eigenvalue weighted by Gasteiger charge is -2.12. The molecule has 0 spiro atoms. The minimum atomic E-state index is -0.384. The Morgan fingerprint density at radius 3 is 2.75 bits per heavy atom. The number of amides is 1. The molecule has 0 fully saturated rings. The highest BCUT2D eigenvalue weighted by Crippen LogP contribution is 2.30. The Hall–Kier alpha value is -3.45. The number of hydrogen-bond acceptors (Lipinski definition) is 6. The number of carbonyl (C=O) groups is 1. The first-order valence-electron chi connectivity index (χ1n) is 8.57. The fourth-order valence-electron chi connectivity index (χ4n) is 2.62. The molecule has 0 aliphatic rings.